The molecule has 0 spiro atoms. The van der Waals surface area contributed by atoms with Crippen molar-refractivity contribution in [1.29, 1.82) is 0 Å². The first-order chi connectivity index (χ1) is 14.5. The van der Waals surface area contributed by atoms with Crippen molar-refractivity contribution in [2.24, 2.45) is 5.92 Å². The quantitative estimate of drug-likeness (QED) is 0.677. The molecule has 1 amide bonds. The van der Waals surface area contributed by atoms with E-state index in [1.165, 1.54) is 13.1 Å². The molecule has 7 nitrogen and oxygen atoms in total. The Morgan fingerprint density at radius 3 is 2.65 bits per heavy atom. The molecule has 164 valence electrons. The number of rotatable bonds is 4. The van der Waals surface area contributed by atoms with Crippen LogP contribution in [-0.2, 0) is 17.5 Å². The first-order valence-electron chi connectivity index (χ1n) is 9.93. The van der Waals surface area contributed by atoms with Crippen LogP contribution < -0.4 is 0 Å². The number of alkyl halides is 3. The summed E-state index contributed by atoms with van der Waals surface area (Å²) in [5, 5.41) is 14.6. The third-order valence-corrected chi connectivity index (χ3v) is 5.48. The summed E-state index contributed by atoms with van der Waals surface area (Å²) in [6, 6.07) is 1.81. The second-order valence-electron chi connectivity index (χ2n) is 8.21. The van der Waals surface area contributed by atoms with E-state index in [1.54, 1.807) is 10.9 Å². The number of hydrogen-bond donors (Lipinski definition) is 1. The van der Waals surface area contributed by atoms with Crippen molar-refractivity contribution in [3.63, 3.8) is 0 Å². The van der Waals surface area contributed by atoms with Gasteiger partial charge >= 0.3 is 6.18 Å². The summed E-state index contributed by atoms with van der Waals surface area (Å²) in [7, 11) is 0. The highest BCUT2D eigenvalue weighted by atomic mass is 19.4. The fourth-order valence-corrected chi connectivity index (χ4v) is 4.02. The molecule has 0 aliphatic carbocycles. The number of halogens is 3. The fraction of sp³-hybridized carbons (Fsp3) is 0.429. The van der Waals surface area contributed by atoms with Gasteiger partial charge in [-0.25, -0.2) is 9.97 Å². The largest absolute Gasteiger partial charge is 0.507 e. The molecule has 0 unspecified atom stereocenters. The number of hydrogen-bond acceptors (Lipinski definition) is 5. The van der Waals surface area contributed by atoms with Crippen LogP contribution in [0.25, 0.3) is 22.4 Å². The summed E-state index contributed by atoms with van der Waals surface area (Å²) >= 11 is 0. The predicted octanol–water partition coefficient (Wildman–Crippen LogP) is 3.78. The number of carbonyl (C=O) groups is 1. The zero-order chi connectivity index (χ0) is 22.5. The van der Waals surface area contributed by atoms with Crippen molar-refractivity contribution in [2.75, 3.05) is 6.54 Å². The van der Waals surface area contributed by atoms with Crippen molar-refractivity contribution < 1.29 is 23.1 Å². The lowest BCUT2D eigenvalue weighted by Crippen LogP contribution is -2.32. The highest BCUT2D eigenvalue weighted by Crippen LogP contribution is 2.38. The van der Waals surface area contributed by atoms with Gasteiger partial charge in [-0.2, -0.15) is 18.3 Å². The third kappa shape index (κ3) is 4.06. The van der Waals surface area contributed by atoms with Crippen molar-refractivity contribution in [1.82, 2.24) is 24.6 Å². The monoisotopic (exact) mass is 433 g/mol. The fourth-order valence-electron chi connectivity index (χ4n) is 4.02. The molecule has 4 rings (SSSR count). The Morgan fingerprint density at radius 2 is 2.03 bits per heavy atom. The summed E-state index contributed by atoms with van der Waals surface area (Å²) in [6.07, 6.45) is -0.960. The van der Waals surface area contributed by atoms with Gasteiger partial charge in [-0.1, -0.05) is 0 Å². The van der Waals surface area contributed by atoms with Crippen LogP contribution in [0.2, 0.25) is 0 Å². The number of benzene rings is 1. The molecule has 1 N–H and O–H groups in total. The van der Waals surface area contributed by atoms with Gasteiger partial charge in [-0.15, -0.1) is 0 Å². The predicted molar refractivity (Wildman–Crippen MR) is 107 cm³/mol. The van der Waals surface area contributed by atoms with Crippen LogP contribution in [0.3, 0.4) is 0 Å². The zero-order valence-electron chi connectivity index (χ0n) is 17.3. The second-order valence-corrected chi connectivity index (χ2v) is 8.21. The highest BCUT2D eigenvalue weighted by molar-refractivity contribution is 5.79. The Morgan fingerprint density at radius 1 is 1.29 bits per heavy atom. The molecule has 1 aliphatic heterocycles. The SMILES string of the molecule is Cc1cc(C(F)(F)F)cc(O)c1-c1cnc2cn(C[C@H]3CC(=O)N(C(C)C)C3)nc2n1. The van der Waals surface area contributed by atoms with Crippen molar-refractivity contribution in [3.05, 3.63) is 35.7 Å². The number of aromatic nitrogens is 4. The number of amides is 1. The van der Waals surface area contributed by atoms with E-state index in [0.717, 1.165) is 6.07 Å². The molecule has 1 fully saturated rings. The van der Waals surface area contributed by atoms with Crippen LogP contribution in [0.15, 0.2) is 24.5 Å². The van der Waals surface area contributed by atoms with Crippen LogP contribution in [0.1, 0.15) is 31.4 Å². The second kappa shape index (κ2) is 7.51. The van der Waals surface area contributed by atoms with Crippen LogP contribution in [0.4, 0.5) is 13.2 Å². The molecule has 1 aromatic carbocycles. The standard InChI is InChI=1S/C21H22F3N5O2/c1-11(2)29-9-13(5-18(29)31)8-28-10-16-20(27-28)26-15(7-25-16)19-12(3)4-14(6-17(19)30)21(22,23)24/h4,6-7,10-11,13,30H,5,8-9H2,1-3H3/t13-/m1/s1. The lowest BCUT2D eigenvalue weighted by Gasteiger charge is -2.20. The first kappa shape index (κ1) is 21.1. The van der Waals surface area contributed by atoms with E-state index >= 15 is 0 Å². The number of carbonyl (C=O) groups excluding carboxylic acids is 1. The van der Waals surface area contributed by atoms with Gasteiger partial charge in [0, 0.05) is 37.0 Å². The van der Waals surface area contributed by atoms with Gasteiger partial charge in [0.2, 0.25) is 5.91 Å². The molecule has 10 heteroatoms. The molecule has 0 saturated carbocycles. The van der Waals surface area contributed by atoms with Gasteiger partial charge < -0.3 is 10.0 Å². The van der Waals surface area contributed by atoms with Gasteiger partial charge in [0.1, 0.15) is 11.3 Å². The van der Waals surface area contributed by atoms with Gasteiger partial charge in [0.15, 0.2) is 5.65 Å². The van der Waals surface area contributed by atoms with E-state index < -0.39 is 17.5 Å². The number of likely N-dealkylation sites (tertiary alicyclic amines) is 1. The normalized spacial score (nSPS) is 17.3. The maximum absolute atomic E-state index is 13.0. The molecule has 3 heterocycles. The Balaban J connectivity index is 1.61. The van der Waals surface area contributed by atoms with Crippen molar-refractivity contribution in [2.45, 2.75) is 46.0 Å². The Kier molecular flexibility index (Phi) is 5.10. The average molecular weight is 433 g/mol. The van der Waals surface area contributed by atoms with Gasteiger partial charge in [0.25, 0.3) is 0 Å². The molecule has 1 aliphatic rings. The minimum atomic E-state index is -4.55. The smallest absolute Gasteiger partial charge is 0.416 e. The molecule has 3 aromatic rings. The van der Waals surface area contributed by atoms with E-state index in [4.69, 9.17) is 0 Å². The summed E-state index contributed by atoms with van der Waals surface area (Å²) < 4.78 is 40.6. The summed E-state index contributed by atoms with van der Waals surface area (Å²) in [4.78, 5) is 22.7. The van der Waals surface area contributed by atoms with Crippen molar-refractivity contribution >= 4 is 17.1 Å². The van der Waals surface area contributed by atoms with E-state index in [9.17, 15) is 23.1 Å². The van der Waals surface area contributed by atoms with Crippen LogP contribution in [0, 0.1) is 12.8 Å². The molecular weight excluding hydrogens is 411 g/mol. The van der Waals surface area contributed by atoms with E-state index in [0.29, 0.717) is 36.7 Å². The maximum atomic E-state index is 13.0. The molecule has 0 radical (unpaired) electrons. The minimum Gasteiger partial charge on any atom is -0.507 e. The number of aromatic hydroxyl groups is 1. The maximum Gasteiger partial charge on any atom is 0.416 e. The number of nitrogens with zero attached hydrogens (tertiary/aromatic N) is 5. The van der Waals surface area contributed by atoms with Crippen molar-refractivity contribution in [3.8, 4) is 17.0 Å². The first-order valence-corrected chi connectivity index (χ1v) is 9.93. The lowest BCUT2D eigenvalue weighted by atomic mass is 10.0. The molecule has 1 saturated heterocycles. The van der Waals surface area contributed by atoms with Gasteiger partial charge in [0.05, 0.1) is 23.7 Å². The van der Waals surface area contributed by atoms with E-state index in [-0.39, 0.29) is 34.7 Å². The Bertz CT molecular complexity index is 1130. The molecule has 31 heavy (non-hydrogen) atoms. The summed E-state index contributed by atoms with van der Waals surface area (Å²) in [5.74, 6) is -0.257. The number of fused-ring (bicyclic) bond motifs is 1. The number of phenols is 1. The van der Waals surface area contributed by atoms with Crippen LogP contribution in [-0.4, -0.2) is 48.2 Å². The highest BCUT2D eigenvalue weighted by Gasteiger charge is 2.33. The Hall–Kier alpha value is -3.17. The minimum absolute atomic E-state index is 0.128. The van der Waals surface area contributed by atoms with E-state index in [2.05, 4.69) is 15.1 Å². The summed E-state index contributed by atoms with van der Waals surface area (Å²) in [6.45, 7) is 6.64. The van der Waals surface area contributed by atoms with Gasteiger partial charge in [-0.3, -0.25) is 9.48 Å². The molecule has 2 aromatic heterocycles. The zero-order valence-corrected chi connectivity index (χ0v) is 17.3. The number of aryl methyl sites for hydroxylation is 1. The number of phenolic OH excluding ortho intramolecular Hbond substituents is 1. The van der Waals surface area contributed by atoms with E-state index in [1.807, 2.05) is 18.7 Å². The van der Waals surface area contributed by atoms with Crippen LogP contribution >= 0.6 is 0 Å². The average Bonchev–Trinajstić information content (AvgIpc) is 3.22. The lowest BCUT2D eigenvalue weighted by molar-refractivity contribution is -0.137. The third-order valence-electron chi connectivity index (χ3n) is 5.48. The molecule has 1 atom stereocenters. The molecular formula is C21H22F3N5O2. The topological polar surface area (TPSA) is 84.1 Å². The molecule has 0 bridgehead atoms. The Labute approximate surface area is 176 Å². The van der Waals surface area contributed by atoms with Gasteiger partial charge in [-0.05, 0) is 38.5 Å². The van der Waals surface area contributed by atoms with Crippen LogP contribution in [0.5, 0.6) is 5.75 Å². The summed E-state index contributed by atoms with van der Waals surface area (Å²) in [5.41, 5.74) is 0.582.